The van der Waals surface area contributed by atoms with Crippen molar-refractivity contribution in [3.8, 4) is 5.75 Å². The van der Waals surface area contributed by atoms with Crippen LogP contribution >= 0.6 is 0 Å². The lowest BCUT2D eigenvalue weighted by Gasteiger charge is -2.44. The predicted molar refractivity (Wildman–Crippen MR) is 109 cm³/mol. The van der Waals surface area contributed by atoms with E-state index in [0.29, 0.717) is 23.2 Å². The third kappa shape index (κ3) is 7.28. The van der Waals surface area contributed by atoms with Crippen molar-refractivity contribution < 1.29 is 52.4 Å². The number of esters is 4. The maximum atomic E-state index is 11.8. The molecule has 11 nitrogen and oxygen atoms in total. The van der Waals surface area contributed by atoms with E-state index in [1.807, 2.05) is 0 Å². The fourth-order valence-electron chi connectivity index (χ4n) is 3.29. The fraction of sp³-hybridized carbons (Fsp3) is 0.500. The first-order valence-corrected chi connectivity index (χ1v) is 10.0. The van der Waals surface area contributed by atoms with Gasteiger partial charge in [0.2, 0.25) is 12.4 Å². The minimum atomic E-state index is -1.34. The van der Waals surface area contributed by atoms with Crippen molar-refractivity contribution in [3.63, 3.8) is 0 Å². The van der Waals surface area contributed by atoms with Crippen molar-refractivity contribution in [1.82, 2.24) is 0 Å². The maximum absolute atomic E-state index is 11.8. The molecule has 0 radical (unpaired) electrons. The van der Waals surface area contributed by atoms with Gasteiger partial charge in [0.1, 0.15) is 24.7 Å². The van der Waals surface area contributed by atoms with Gasteiger partial charge in [-0.2, -0.15) is 0 Å². The van der Waals surface area contributed by atoms with Crippen LogP contribution in [0.15, 0.2) is 18.2 Å². The second-order valence-electron chi connectivity index (χ2n) is 7.33. The van der Waals surface area contributed by atoms with Crippen LogP contribution in [0.3, 0.4) is 0 Å². The van der Waals surface area contributed by atoms with Crippen molar-refractivity contribution in [3.05, 3.63) is 29.3 Å². The Morgan fingerprint density at radius 2 is 1.45 bits per heavy atom. The van der Waals surface area contributed by atoms with E-state index in [4.69, 9.17) is 28.4 Å². The second-order valence-corrected chi connectivity index (χ2v) is 7.33. The van der Waals surface area contributed by atoms with E-state index in [-0.39, 0.29) is 6.61 Å². The van der Waals surface area contributed by atoms with Crippen LogP contribution < -0.4 is 4.74 Å². The summed E-state index contributed by atoms with van der Waals surface area (Å²) in [5.74, 6) is -2.53. The average Bonchev–Trinajstić information content (AvgIpc) is 2.71. The minimum absolute atomic E-state index is 0.293. The van der Waals surface area contributed by atoms with Gasteiger partial charge in [0.15, 0.2) is 12.2 Å². The van der Waals surface area contributed by atoms with E-state index in [0.717, 1.165) is 20.8 Å². The number of aryl methyl sites for hydroxylation is 1. The summed E-state index contributed by atoms with van der Waals surface area (Å²) in [6.07, 6.45) is -5.72. The zero-order valence-electron chi connectivity index (χ0n) is 18.9. The van der Waals surface area contributed by atoms with E-state index < -0.39 is 54.6 Å². The van der Waals surface area contributed by atoms with Crippen LogP contribution in [0.2, 0.25) is 0 Å². The van der Waals surface area contributed by atoms with Crippen molar-refractivity contribution in [2.75, 3.05) is 6.61 Å². The zero-order chi connectivity index (χ0) is 24.7. The standard InChI is InChI=1S/C22H26O11/c1-11-8-16(9-23)6-7-17(11)32-22-21(31-15(5)27)20(30-14(4)26)19(29-13(3)25)18(33-22)10-28-12(2)24/h6-9,18-22H,10H2,1-5H3/t18-,19+,20+,21-,22-/m1/s1. The number of ether oxygens (including phenoxy) is 6. The van der Waals surface area contributed by atoms with Gasteiger partial charge in [-0.3, -0.25) is 24.0 Å². The van der Waals surface area contributed by atoms with Crippen molar-refractivity contribution >= 4 is 30.2 Å². The number of aldehydes is 1. The van der Waals surface area contributed by atoms with Crippen LogP contribution in [0.25, 0.3) is 0 Å². The molecule has 11 heteroatoms. The second kappa shape index (κ2) is 11.4. The molecule has 5 atom stereocenters. The molecule has 1 saturated heterocycles. The quantitative estimate of drug-likeness (QED) is 0.311. The van der Waals surface area contributed by atoms with E-state index in [1.165, 1.54) is 19.1 Å². The Bertz CT molecular complexity index is 910. The molecule has 1 heterocycles. The highest BCUT2D eigenvalue weighted by molar-refractivity contribution is 5.75. The third-order valence-corrected chi connectivity index (χ3v) is 4.53. The summed E-state index contributed by atoms with van der Waals surface area (Å²) in [5.41, 5.74) is 0.994. The van der Waals surface area contributed by atoms with E-state index in [9.17, 15) is 24.0 Å². The molecular weight excluding hydrogens is 440 g/mol. The van der Waals surface area contributed by atoms with E-state index in [1.54, 1.807) is 13.0 Å². The SMILES string of the molecule is CC(=O)OC[C@H]1O[C@@H](Oc2ccc(C=O)cc2C)[C@H](OC(C)=O)[C@@H](OC(C)=O)[C@H]1OC(C)=O. The van der Waals surface area contributed by atoms with E-state index >= 15 is 0 Å². The molecule has 0 spiro atoms. The molecule has 1 aromatic carbocycles. The summed E-state index contributed by atoms with van der Waals surface area (Å²) in [6.45, 7) is 5.91. The summed E-state index contributed by atoms with van der Waals surface area (Å²) in [6, 6.07) is 4.61. The average molecular weight is 466 g/mol. The molecule has 0 unspecified atom stereocenters. The number of rotatable bonds is 8. The predicted octanol–water partition coefficient (Wildman–Crippen LogP) is 1.27. The molecule has 1 aliphatic rings. The van der Waals surface area contributed by atoms with E-state index in [2.05, 4.69) is 0 Å². The monoisotopic (exact) mass is 466 g/mol. The largest absolute Gasteiger partial charge is 0.463 e. The summed E-state index contributed by atoms with van der Waals surface area (Å²) in [4.78, 5) is 57.8. The smallest absolute Gasteiger partial charge is 0.303 e. The van der Waals surface area contributed by atoms with Gasteiger partial charge in [-0.25, -0.2) is 0 Å². The highest BCUT2D eigenvalue weighted by Crippen LogP contribution is 2.32. The fourth-order valence-corrected chi connectivity index (χ4v) is 3.29. The molecule has 1 aromatic rings. The molecule has 0 aliphatic carbocycles. The highest BCUT2D eigenvalue weighted by atomic mass is 16.7. The lowest BCUT2D eigenvalue weighted by molar-refractivity contribution is -0.288. The van der Waals surface area contributed by atoms with Gasteiger partial charge in [-0.05, 0) is 30.7 Å². The zero-order valence-corrected chi connectivity index (χ0v) is 18.9. The van der Waals surface area contributed by atoms with Crippen LogP contribution in [-0.2, 0) is 42.9 Å². The Kier molecular flexibility index (Phi) is 8.92. The molecule has 180 valence electrons. The van der Waals surface area contributed by atoms with Crippen LogP contribution in [0.5, 0.6) is 5.75 Å². The Morgan fingerprint density at radius 1 is 0.879 bits per heavy atom. The molecule has 2 rings (SSSR count). The molecule has 1 aliphatic heterocycles. The maximum Gasteiger partial charge on any atom is 0.303 e. The van der Waals surface area contributed by atoms with Crippen molar-refractivity contribution in [1.29, 1.82) is 0 Å². The van der Waals surface area contributed by atoms with Crippen molar-refractivity contribution in [2.45, 2.75) is 65.3 Å². The van der Waals surface area contributed by atoms with Crippen molar-refractivity contribution in [2.24, 2.45) is 0 Å². The molecule has 0 N–H and O–H groups in total. The molecule has 0 amide bonds. The number of hydrogen-bond donors (Lipinski definition) is 0. The molecule has 33 heavy (non-hydrogen) atoms. The lowest BCUT2D eigenvalue weighted by Crippen LogP contribution is -2.63. The molecular formula is C22H26O11. The Morgan fingerprint density at radius 3 is 1.97 bits per heavy atom. The Labute approximate surface area is 190 Å². The van der Waals surface area contributed by atoms with Gasteiger partial charge in [0.05, 0.1) is 0 Å². The first-order chi connectivity index (χ1) is 15.5. The molecule has 1 fully saturated rings. The summed E-state index contributed by atoms with van der Waals surface area (Å²) in [5, 5.41) is 0. The number of carbonyl (C=O) groups excluding carboxylic acids is 5. The van der Waals surface area contributed by atoms with Crippen LogP contribution in [0.4, 0.5) is 0 Å². The van der Waals surface area contributed by atoms with Gasteiger partial charge in [0, 0.05) is 33.3 Å². The lowest BCUT2D eigenvalue weighted by atomic mass is 9.98. The van der Waals surface area contributed by atoms with Gasteiger partial charge in [-0.1, -0.05) is 0 Å². The Balaban J connectivity index is 2.48. The van der Waals surface area contributed by atoms with Crippen LogP contribution in [0, 0.1) is 6.92 Å². The van der Waals surface area contributed by atoms with Gasteiger partial charge >= 0.3 is 23.9 Å². The summed E-state index contributed by atoms with van der Waals surface area (Å²) < 4.78 is 32.8. The first-order valence-electron chi connectivity index (χ1n) is 10.0. The molecule has 0 bridgehead atoms. The molecule has 0 saturated carbocycles. The number of hydrogen-bond acceptors (Lipinski definition) is 11. The third-order valence-electron chi connectivity index (χ3n) is 4.53. The van der Waals surface area contributed by atoms with Crippen LogP contribution in [-0.4, -0.2) is 67.5 Å². The van der Waals surface area contributed by atoms with Gasteiger partial charge in [0.25, 0.3) is 0 Å². The minimum Gasteiger partial charge on any atom is -0.463 e. The molecule has 0 aromatic heterocycles. The van der Waals surface area contributed by atoms with Crippen LogP contribution in [0.1, 0.15) is 43.6 Å². The van der Waals surface area contributed by atoms with Gasteiger partial charge < -0.3 is 28.4 Å². The normalized spacial score (nSPS) is 24.2. The number of carbonyl (C=O) groups is 5. The highest BCUT2D eigenvalue weighted by Gasteiger charge is 2.53. The van der Waals surface area contributed by atoms with Gasteiger partial charge in [-0.15, -0.1) is 0 Å². The number of benzene rings is 1. The summed E-state index contributed by atoms with van der Waals surface area (Å²) in [7, 11) is 0. The first kappa shape index (κ1) is 25.8. The Hall–Kier alpha value is -3.47. The summed E-state index contributed by atoms with van der Waals surface area (Å²) >= 11 is 0. The topological polar surface area (TPSA) is 141 Å².